The van der Waals surface area contributed by atoms with Crippen molar-refractivity contribution in [2.75, 3.05) is 26.2 Å². The molecule has 2 aromatic rings. The minimum absolute atomic E-state index is 0.210. The smallest absolute Gasteiger partial charge is 0.227 e. The van der Waals surface area contributed by atoms with Crippen LogP contribution < -0.4 is 0 Å². The van der Waals surface area contributed by atoms with Crippen LogP contribution in [0.2, 0.25) is 0 Å². The zero-order chi connectivity index (χ0) is 16.1. The molecule has 0 N–H and O–H groups in total. The Morgan fingerprint density at radius 2 is 1.96 bits per heavy atom. The number of aromatic nitrogens is 1. The van der Waals surface area contributed by atoms with E-state index in [0.717, 1.165) is 44.7 Å². The molecule has 122 valence electrons. The van der Waals surface area contributed by atoms with Crippen molar-refractivity contribution in [1.29, 1.82) is 0 Å². The third-order valence-corrected chi connectivity index (χ3v) is 5.46. The Labute approximate surface area is 141 Å². The summed E-state index contributed by atoms with van der Waals surface area (Å²) >= 11 is 1.91. The summed E-state index contributed by atoms with van der Waals surface area (Å²) in [4.78, 5) is 23.7. The summed E-state index contributed by atoms with van der Waals surface area (Å²) in [6, 6.07) is 8.31. The molecular weight excluding hydrogens is 306 g/mol. The summed E-state index contributed by atoms with van der Waals surface area (Å²) in [5.41, 5.74) is 0.991. The van der Waals surface area contributed by atoms with E-state index in [2.05, 4.69) is 28.9 Å². The van der Waals surface area contributed by atoms with Gasteiger partial charge in [-0.3, -0.25) is 14.7 Å². The summed E-state index contributed by atoms with van der Waals surface area (Å²) in [7, 11) is 0. The molecule has 0 bridgehead atoms. The molecule has 0 aliphatic carbocycles. The minimum atomic E-state index is 0.210. The van der Waals surface area contributed by atoms with E-state index >= 15 is 0 Å². The Balaban J connectivity index is 1.47. The maximum atomic E-state index is 12.4. The van der Waals surface area contributed by atoms with Gasteiger partial charge in [-0.05, 0) is 30.2 Å². The first-order valence-electron chi connectivity index (χ1n) is 8.21. The second-order valence-corrected chi connectivity index (χ2v) is 7.17. The van der Waals surface area contributed by atoms with Gasteiger partial charge in [0.1, 0.15) is 0 Å². The molecule has 0 atom stereocenters. The van der Waals surface area contributed by atoms with Crippen LogP contribution >= 0.6 is 11.3 Å². The van der Waals surface area contributed by atoms with Crippen LogP contribution in [0, 0.1) is 0 Å². The molecule has 1 amide bonds. The average Bonchev–Trinajstić information content (AvgIpc) is 3.04. The van der Waals surface area contributed by atoms with Crippen LogP contribution in [0.15, 0.2) is 36.7 Å². The Morgan fingerprint density at radius 1 is 1.17 bits per heavy atom. The number of pyridine rings is 1. The lowest BCUT2D eigenvalue weighted by Crippen LogP contribution is -2.48. The maximum absolute atomic E-state index is 12.4. The first kappa shape index (κ1) is 16.1. The van der Waals surface area contributed by atoms with Gasteiger partial charge in [0.2, 0.25) is 5.91 Å². The Hall–Kier alpha value is -1.72. The number of piperazine rings is 1. The first-order valence-corrected chi connectivity index (χ1v) is 9.03. The average molecular weight is 329 g/mol. The van der Waals surface area contributed by atoms with E-state index in [1.807, 2.05) is 28.4 Å². The van der Waals surface area contributed by atoms with Crippen LogP contribution in [0.5, 0.6) is 0 Å². The molecule has 0 saturated carbocycles. The van der Waals surface area contributed by atoms with Crippen LogP contribution in [0.1, 0.15) is 22.2 Å². The summed E-state index contributed by atoms with van der Waals surface area (Å²) in [5.74, 6) is 0.210. The Morgan fingerprint density at radius 3 is 2.61 bits per heavy atom. The molecule has 0 spiro atoms. The summed E-state index contributed by atoms with van der Waals surface area (Å²) in [6.07, 6.45) is 5.08. The fraction of sp³-hybridized carbons (Fsp3) is 0.444. The molecule has 4 nitrogen and oxygen atoms in total. The van der Waals surface area contributed by atoms with Crippen LogP contribution in [-0.4, -0.2) is 46.9 Å². The summed E-state index contributed by atoms with van der Waals surface area (Å²) in [5, 5.41) is 0. The van der Waals surface area contributed by atoms with Gasteiger partial charge in [-0.1, -0.05) is 13.0 Å². The number of thiophene rings is 1. The van der Waals surface area contributed by atoms with E-state index in [4.69, 9.17) is 0 Å². The van der Waals surface area contributed by atoms with E-state index in [0.29, 0.717) is 6.42 Å². The van der Waals surface area contributed by atoms with E-state index in [1.54, 1.807) is 12.4 Å². The molecule has 1 aliphatic heterocycles. The molecule has 23 heavy (non-hydrogen) atoms. The standard InChI is InChI=1S/C18H23N3OS/c1-2-16-5-6-17(23-16)14-20-8-10-21(11-9-20)18(22)12-15-4-3-7-19-13-15/h3-7,13H,2,8-12,14H2,1H3. The predicted molar refractivity (Wildman–Crippen MR) is 93.5 cm³/mol. The molecule has 2 aromatic heterocycles. The third kappa shape index (κ3) is 4.39. The molecule has 3 heterocycles. The third-order valence-electron chi connectivity index (χ3n) is 4.25. The van der Waals surface area contributed by atoms with Gasteiger partial charge in [0.05, 0.1) is 6.42 Å². The quantitative estimate of drug-likeness (QED) is 0.846. The van der Waals surface area contributed by atoms with E-state index < -0.39 is 0 Å². The van der Waals surface area contributed by atoms with Gasteiger partial charge in [-0.25, -0.2) is 0 Å². The second kappa shape index (κ2) is 7.70. The van der Waals surface area contributed by atoms with Crippen molar-refractivity contribution in [3.8, 4) is 0 Å². The summed E-state index contributed by atoms with van der Waals surface area (Å²) < 4.78 is 0. The van der Waals surface area contributed by atoms with E-state index in [-0.39, 0.29) is 5.91 Å². The second-order valence-electron chi connectivity index (χ2n) is 5.92. The highest BCUT2D eigenvalue weighted by atomic mass is 32.1. The van der Waals surface area contributed by atoms with Gasteiger partial charge in [0.15, 0.2) is 0 Å². The van der Waals surface area contributed by atoms with Gasteiger partial charge in [0.25, 0.3) is 0 Å². The van der Waals surface area contributed by atoms with Crippen molar-refractivity contribution >= 4 is 17.2 Å². The number of hydrogen-bond donors (Lipinski definition) is 0. The molecule has 0 aromatic carbocycles. The SMILES string of the molecule is CCc1ccc(CN2CCN(C(=O)Cc3cccnc3)CC2)s1. The van der Waals surface area contributed by atoms with E-state index in [1.165, 1.54) is 9.75 Å². The molecule has 1 saturated heterocycles. The topological polar surface area (TPSA) is 36.4 Å². The highest BCUT2D eigenvalue weighted by molar-refractivity contribution is 7.11. The van der Waals surface area contributed by atoms with Crippen molar-refractivity contribution in [3.05, 3.63) is 52.0 Å². The highest BCUT2D eigenvalue weighted by Gasteiger charge is 2.21. The lowest BCUT2D eigenvalue weighted by Gasteiger charge is -2.34. The Bertz CT molecular complexity index is 633. The maximum Gasteiger partial charge on any atom is 0.227 e. The first-order chi connectivity index (χ1) is 11.2. The van der Waals surface area contributed by atoms with Gasteiger partial charge in [-0.15, -0.1) is 11.3 Å². The van der Waals surface area contributed by atoms with Crippen LogP contribution in [-0.2, 0) is 24.2 Å². The lowest BCUT2D eigenvalue weighted by molar-refractivity contribution is -0.132. The molecule has 0 unspecified atom stereocenters. The van der Waals surface area contributed by atoms with Gasteiger partial charge >= 0.3 is 0 Å². The lowest BCUT2D eigenvalue weighted by atomic mass is 10.2. The molecule has 1 fully saturated rings. The molecule has 0 radical (unpaired) electrons. The molecular formula is C18H23N3OS. The number of hydrogen-bond acceptors (Lipinski definition) is 4. The normalized spacial score (nSPS) is 15.8. The number of aryl methyl sites for hydroxylation is 1. The minimum Gasteiger partial charge on any atom is -0.340 e. The number of nitrogens with zero attached hydrogens (tertiary/aromatic N) is 3. The van der Waals surface area contributed by atoms with Gasteiger partial charge < -0.3 is 4.90 Å². The fourth-order valence-corrected chi connectivity index (χ4v) is 3.86. The Kier molecular flexibility index (Phi) is 5.41. The van der Waals surface area contributed by atoms with Crippen molar-refractivity contribution < 1.29 is 4.79 Å². The molecule has 5 heteroatoms. The predicted octanol–water partition coefficient (Wildman–Crippen LogP) is 2.59. The van der Waals surface area contributed by atoms with Gasteiger partial charge in [0, 0.05) is 54.9 Å². The van der Waals surface area contributed by atoms with Crippen LogP contribution in [0.25, 0.3) is 0 Å². The van der Waals surface area contributed by atoms with Crippen molar-refractivity contribution in [3.63, 3.8) is 0 Å². The highest BCUT2D eigenvalue weighted by Crippen LogP contribution is 2.19. The summed E-state index contributed by atoms with van der Waals surface area (Å²) in [6.45, 7) is 6.77. The van der Waals surface area contributed by atoms with Crippen LogP contribution in [0.4, 0.5) is 0 Å². The fourth-order valence-electron chi connectivity index (χ4n) is 2.86. The van der Waals surface area contributed by atoms with Crippen LogP contribution in [0.3, 0.4) is 0 Å². The number of carbonyl (C=O) groups excluding carboxylic acids is 1. The monoisotopic (exact) mass is 329 g/mol. The zero-order valence-corrected chi connectivity index (χ0v) is 14.4. The largest absolute Gasteiger partial charge is 0.340 e. The van der Waals surface area contributed by atoms with Crippen molar-refractivity contribution in [2.45, 2.75) is 26.3 Å². The van der Waals surface area contributed by atoms with Gasteiger partial charge in [-0.2, -0.15) is 0 Å². The number of rotatable bonds is 5. The molecule has 3 rings (SSSR count). The zero-order valence-electron chi connectivity index (χ0n) is 13.6. The van der Waals surface area contributed by atoms with Crippen molar-refractivity contribution in [1.82, 2.24) is 14.8 Å². The number of carbonyl (C=O) groups is 1. The van der Waals surface area contributed by atoms with Crippen molar-refractivity contribution in [2.24, 2.45) is 0 Å². The molecule has 1 aliphatic rings. The van der Waals surface area contributed by atoms with E-state index in [9.17, 15) is 4.79 Å². The number of amides is 1.